The van der Waals surface area contributed by atoms with E-state index in [1.165, 1.54) is 6.42 Å². The van der Waals surface area contributed by atoms with Crippen LogP contribution in [0.4, 0.5) is 0 Å². The first-order chi connectivity index (χ1) is 8.83. The average Bonchev–Trinajstić information content (AvgIpc) is 2.98. The fourth-order valence-electron chi connectivity index (χ4n) is 2.45. The number of hydrogen-bond acceptors (Lipinski definition) is 4. The molecule has 1 N–H and O–H groups in total. The highest BCUT2D eigenvalue weighted by molar-refractivity contribution is 4.93. The Morgan fingerprint density at radius 3 is 3.28 bits per heavy atom. The summed E-state index contributed by atoms with van der Waals surface area (Å²) in [5.74, 6) is 2.86. The third-order valence-corrected chi connectivity index (χ3v) is 3.56. The first-order valence-corrected chi connectivity index (χ1v) is 6.36. The number of nitrogens with one attached hydrogen (secondary N) is 1. The van der Waals surface area contributed by atoms with Crippen LogP contribution in [0.1, 0.15) is 18.1 Å². The fraction of sp³-hybridized carbons (Fsp3) is 0.583. The van der Waals surface area contributed by atoms with E-state index in [4.69, 9.17) is 0 Å². The minimum Gasteiger partial charge on any atom is -0.337 e. The molecule has 0 bridgehead atoms. The zero-order valence-electron chi connectivity index (χ0n) is 10.6. The number of fused-ring (bicyclic) bond motifs is 1. The Hall–Kier alpha value is -1.69. The Kier molecular flexibility index (Phi) is 3.10. The molecule has 0 spiro atoms. The molecule has 96 valence electrons. The maximum atomic E-state index is 4.30. The van der Waals surface area contributed by atoms with Crippen molar-refractivity contribution in [2.24, 2.45) is 13.0 Å². The van der Waals surface area contributed by atoms with E-state index in [0.717, 1.165) is 37.7 Å². The molecule has 3 heterocycles. The van der Waals surface area contributed by atoms with Crippen molar-refractivity contribution in [3.05, 3.63) is 30.4 Å². The summed E-state index contributed by atoms with van der Waals surface area (Å²) in [6.45, 7) is 2.87. The molecule has 6 heteroatoms. The Morgan fingerprint density at radius 2 is 2.44 bits per heavy atom. The van der Waals surface area contributed by atoms with Crippen molar-refractivity contribution in [3.63, 3.8) is 0 Å². The molecule has 0 saturated heterocycles. The molecule has 0 fully saturated rings. The number of hydrogen-bond donors (Lipinski definition) is 1. The lowest BCUT2D eigenvalue weighted by molar-refractivity contribution is 0.345. The lowest BCUT2D eigenvalue weighted by atomic mass is 9.99. The molecule has 18 heavy (non-hydrogen) atoms. The standard InChI is InChI=1S/C12H18N6/c1-17-5-4-14-12(17)7-13-6-10-2-3-11-16-15-9-18(11)8-10/h4-5,9-10,13H,2-3,6-8H2,1H3/t10-/m1/s1. The minimum atomic E-state index is 0.661. The average molecular weight is 246 g/mol. The summed E-state index contributed by atoms with van der Waals surface area (Å²) >= 11 is 0. The van der Waals surface area contributed by atoms with Crippen molar-refractivity contribution in [2.45, 2.75) is 25.9 Å². The van der Waals surface area contributed by atoms with Gasteiger partial charge in [-0.2, -0.15) is 0 Å². The van der Waals surface area contributed by atoms with Crippen LogP contribution in [0, 0.1) is 5.92 Å². The van der Waals surface area contributed by atoms with E-state index in [9.17, 15) is 0 Å². The molecule has 0 aliphatic carbocycles. The summed E-state index contributed by atoms with van der Waals surface area (Å²) in [6, 6.07) is 0. The predicted octanol–water partition coefficient (Wildman–Crippen LogP) is 0.364. The summed E-state index contributed by atoms with van der Waals surface area (Å²) in [6.07, 6.45) is 7.86. The smallest absolute Gasteiger partial charge is 0.132 e. The summed E-state index contributed by atoms with van der Waals surface area (Å²) < 4.78 is 4.21. The molecule has 0 aromatic carbocycles. The second-order valence-corrected chi connectivity index (χ2v) is 4.89. The van der Waals surface area contributed by atoms with Gasteiger partial charge in [0.25, 0.3) is 0 Å². The molecule has 6 nitrogen and oxygen atoms in total. The first kappa shape index (κ1) is 11.4. The molecule has 0 amide bonds. The third kappa shape index (κ3) is 2.28. The van der Waals surface area contributed by atoms with Crippen LogP contribution in [0.2, 0.25) is 0 Å². The Bertz CT molecular complexity index is 514. The van der Waals surface area contributed by atoms with Gasteiger partial charge in [-0.15, -0.1) is 10.2 Å². The molecule has 1 aliphatic heterocycles. The van der Waals surface area contributed by atoms with Crippen molar-refractivity contribution in [2.75, 3.05) is 6.54 Å². The maximum absolute atomic E-state index is 4.30. The van der Waals surface area contributed by atoms with Crippen molar-refractivity contribution in [1.29, 1.82) is 0 Å². The first-order valence-electron chi connectivity index (χ1n) is 6.36. The Labute approximate surface area is 106 Å². The summed E-state index contributed by atoms with van der Waals surface area (Å²) in [7, 11) is 2.02. The lowest BCUT2D eigenvalue weighted by Gasteiger charge is -2.23. The zero-order chi connectivity index (χ0) is 12.4. The van der Waals surface area contributed by atoms with Crippen molar-refractivity contribution < 1.29 is 0 Å². The molecule has 1 aliphatic rings. The van der Waals surface area contributed by atoms with E-state index < -0.39 is 0 Å². The molecular formula is C12H18N6. The van der Waals surface area contributed by atoms with Gasteiger partial charge in [-0.05, 0) is 12.3 Å². The monoisotopic (exact) mass is 246 g/mol. The largest absolute Gasteiger partial charge is 0.337 e. The highest BCUT2D eigenvalue weighted by Crippen LogP contribution is 2.17. The number of rotatable bonds is 4. The van der Waals surface area contributed by atoms with Crippen molar-refractivity contribution >= 4 is 0 Å². The topological polar surface area (TPSA) is 60.6 Å². The van der Waals surface area contributed by atoms with Crippen LogP contribution in [-0.4, -0.2) is 30.9 Å². The van der Waals surface area contributed by atoms with E-state index in [1.807, 2.05) is 30.3 Å². The Balaban J connectivity index is 1.49. The van der Waals surface area contributed by atoms with Crippen LogP contribution in [0.15, 0.2) is 18.7 Å². The van der Waals surface area contributed by atoms with Gasteiger partial charge in [0, 0.05) is 39.0 Å². The maximum Gasteiger partial charge on any atom is 0.132 e. The number of aromatic nitrogens is 5. The van der Waals surface area contributed by atoms with Crippen LogP contribution in [0.3, 0.4) is 0 Å². The van der Waals surface area contributed by atoms with E-state index in [2.05, 4.69) is 25.1 Å². The second kappa shape index (κ2) is 4.89. The van der Waals surface area contributed by atoms with Crippen LogP contribution >= 0.6 is 0 Å². The van der Waals surface area contributed by atoms with Gasteiger partial charge in [0.2, 0.25) is 0 Å². The van der Waals surface area contributed by atoms with E-state index in [1.54, 1.807) is 0 Å². The lowest BCUT2D eigenvalue weighted by Crippen LogP contribution is -2.30. The molecule has 1 atom stereocenters. The van der Waals surface area contributed by atoms with Crippen molar-refractivity contribution in [1.82, 2.24) is 29.6 Å². The van der Waals surface area contributed by atoms with Gasteiger partial charge >= 0.3 is 0 Å². The fourth-order valence-corrected chi connectivity index (χ4v) is 2.45. The van der Waals surface area contributed by atoms with Gasteiger partial charge in [-0.1, -0.05) is 0 Å². The predicted molar refractivity (Wildman–Crippen MR) is 66.7 cm³/mol. The second-order valence-electron chi connectivity index (χ2n) is 4.89. The highest BCUT2D eigenvalue weighted by atomic mass is 15.3. The quantitative estimate of drug-likeness (QED) is 0.846. The summed E-state index contributed by atoms with van der Waals surface area (Å²) in [5, 5.41) is 11.5. The zero-order valence-corrected chi connectivity index (χ0v) is 10.6. The van der Waals surface area contributed by atoms with Gasteiger partial charge in [-0.3, -0.25) is 0 Å². The van der Waals surface area contributed by atoms with E-state index >= 15 is 0 Å². The molecule has 3 rings (SSSR count). The molecular weight excluding hydrogens is 228 g/mol. The van der Waals surface area contributed by atoms with Crippen molar-refractivity contribution in [3.8, 4) is 0 Å². The normalized spacial score (nSPS) is 18.8. The van der Waals surface area contributed by atoms with Crippen LogP contribution in [0.5, 0.6) is 0 Å². The number of imidazole rings is 1. The van der Waals surface area contributed by atoms with Gasteiger partial charge in [-0.25, -0.2) is 4.98 Å². The summed E-state index contributed by atoms with van der Waals surface area (Å²) in [5.41, 5.74) is 0. The van der Waals surface area contributed by atoms with Crippen LogP contribution < -0.4 is 5.32 Å². The van der Waals surface area contributed by atoms with E-state index in [0.29, 0.717) is 5.92 Å². The van der Waals surface area contributed by atoms with E-state index in [-0.39, 0.29) is 0 Å². The molecule has 0 unspecified atom stereocenters. The van der Waals surface area contributed by atoms with Gasteiger partial charge < -0.3 is 14.5 Å². The number of nitrogens with zero attached hydrogens (tertiary/aromatic N) is 5. The molecule has 0 saturated carbocycles. The molecule has 2 aromatic heterocycles. The highest BCUT2D eigenvalue weighted by Gasteiger charge is 2.18. The Morgan fingerprint density at radius 1 is 1.50 bits per heavy atom. The SMILES string of the molecule is Cn1ccnc1CNC[C@H]1CCc2nncn2C1. The molecule has 2 aromatic rings. The third-order valence-electron chi connectivity index (χ3n) is 3.56. The van der Waals surface area contributed by atoms with Crippen LogP contribution in [0.25, 0.3) is 0 Å². The summed E-state index contributed by atoms with van der Waals surface area (Å²) in [4.78, 5) is 4.30. The van der Waals surface area contributed by atoms with Gasteiger partial charge in [0.15, 0.2) is 0 Å². The number of aryl methyl sites for hydroxylation is 2. The molecule has 0 radical (unpaired) electrons. The minimum absolute atomic E-state index is 0.661. The van der Waals surface area contributed by atoms with Gasteiger partial charge in [0.1, 0.15) is 18.0 Å². The van der Waals surface area contributed by atoms with Crippen LogP contribution in [-0.2, 0) is 26.6 Å². The van der Waals surface area contributed by atoms with Gasteiger partial charge in [0.05, 0.1) is 6.54 Å².